The van der Waals surface area contributed by atoms with E-state index in [0.29, 0.717) is 16.6 Å². The molecule has 2 aromatic rings. The highest BCUT2D eigenvalue weighted by atomic mass is 35.5. The monoisotopic (exact) mass is 479 g/mol. The molecule has 0 radical (unpaired) electrons. The van der Waals surface area contributed by atoms with E-state index in [1.54, 1.807) is 17.1 Å². The number of amides is 1. The van der Waals surface area contributed by atoms with E-state index >= 15 is 0 Å². The fourth-order valence-corrected chi connectivity index (χ4v) is 4.96. The third-order valence-corrected chi connectivity index (χ3v) is 6.99. The first-order chi connectivity index (χ1) is 14.7. The first-order valence-electron chi connectivity index (χ1n) is 10.3. The molecular formula is C23H26Cl3N4O+. The zero-order valence-corrected chi connectivity index (χ0v) is 20.2. The number of carbonyl (C=O) groups is 1. The maximum absolute atomic E-state index is 13.0. The van der Waals surface area contributed by atoms with Crippen molar-refractivity contribution in [3.63, 3.8) is 0 Å². The Morgan fingerprint density at radius 3 is 2.16 bits per heavy atom. The number of benzene rings is 2. The van der Waals surface area contributed by atoms with Gasteiger partial charge in [0.1, 0.15) is 0 Å². The molecule has 2 heterocycles. The second-order valence-electron chi connectivity index (χ2n) is 8.44. The number of nitrogens with zero attached hydrogens (tertiary/aromatic N) is 4. The van der Waals surface area contributed by atoms with Crippen molar-refractivity contribution >= 4 is 52.1 Å². The van der Waals surface area contributed by atoms with Crippen LogP contribution in [0.5, 0.6) is 0 Å². The van der Waals surface area contributed by atoms with Crippen molar-refractivity contribution in [2.45, 2.75) is 6.92 Å². The van der Waals surface area contributed by atoms with Gasteiger partial charge in [0.05, 0.1) is 26.3 Å². The first-order valence-corrected chi connectivity index (χ1v) is 11.4. The summed E-state index contributed by atoms with van der Waals surface area (Å²) in [6, 6.07) is 13.3. The van der Waals surface area contributed by atoms with Gasteiger partial charge in [0.15, 0.2) is 10.7 Å². The van der Waals surface area contributed by atoms with Crippen molar-refractivity contribution in [2.24, 2.45) is 0 Å². The van der Waals surface area contributed by atoms with E-state index in [4.69, 9.17) is 34.8 Å². The smallest absolute Gasteiger partial charge is 0.321 e. The van der Waals surface area contributed by atoms with E-state index in [0.717, 1.165) is 42.6 Å². The highest BCUT2D eigenvalue weighted by Crippen LogP contribution is 2.37. The summed E-state index contributed by atoms with van der Waals surface area (Å²) in [5.41, 5.74) is 4.08. The molecule has 0 bridgehead atoms. The number of anilines is 2. The van der Waals surface area contributed by atoms with Crippen LogP contribution in [-0.4, -0.2) is 62.2 Å². The number of piperazine rings is 1. The van der Waals surface area contributed by atoms with E-state index in [1.165, 1.54) is 11.3 Å². The van der Waals surface area contributed by atoms with Crippen molar-refractivity contribution in [3.05, 3.63) is 68.8 Å². The van der Waals surface area contributed by atoms with Gasteiger partial charge in [-0.05, 0) is 48.9 Å². The number of halogens is 3. The van der Waals surface area contributed by atoms with Gasteiger partial charge in [-0.15, -0.1) is 5.01 Å². The summed E-state index contributed by atoms with van der Waals surface area (Å²) in [5.74, 6) is -0.183. The van der Waals surface area contributed by atoms with Crippen LogP contribution in [0.15, 0.2) is 53.2 Å². The molecule has 5 nitrogen and oxygen atoms in total. The molecule has 0 spiro atoms. The van der Waals surface area contributed by atoms with Crippen LogP contribution in [0.2, 0.25) is 10.0 Å². The van der Waals surface area contributed by atoms with Crippen molar-refractivity contribution in [2.75, 3.05) is 56.7 Å². The standard InChI is InChI=1S/C23H26Cl3N4O/c1-16-4-5-18(25)14-20(16)28-12-10-27(11-13-28)15-21-22(26)23(31)29(30(21,2)3)19-8-6-17(24)7-9-19/h4-9,14H,10-13,15H2,1-3H3/q+1. The fraction of sp³-hybridized carbons (Fsp3) is 0.348. The molecule has 0 N–H and O–H groups in total. The van der Waals surface area contributed by atoms with Crippen molar-refractivity contribution < 1.29 is 9.39 Å². The van der Waals surface area contributed by atoms with Gasteiger partial charge in [-0.1, -0.05) is 40.9 Å². The lowest BCUT2D eigenvalue weighted by molar-refractivity contribution is -0.851. The highest BCUT2D eigenvalue weighted by Gasteiger charge is 2.48. The molecule has 31 heavy (non-hydrogen) atoms. The Hall–Kier alpha value is -1.76. The Morgan fingerprint density at radius 1 is 0.903 bits per heavy atom. The molecule has 0 aliphatic carbocycles. The number of quaternary nitrogens is 1. The lowest BCUT2D eigenvalue weighted by atomic mass is 10.1. The summed E-state index contributed by atoms with van der Waals surface area (Å²) in [6.45, 7) is 6.31. The molecule has 2 aliphatic rings. The topological polar surface area (TPSA) is 26.8 Å². The van der Waals surface area contributed by atoms with E-state index in [1.807, 2.05) is 38.4 Å². The summed E-state index contributed by atoms with van der Waals surface area (Å²) >= 11 is 18.8. The minimum atomic E-state index is -0.183. The summed E-state index contributed by atoms with van der Waals surface area (Å²) in [5, 5.41) is 3.39. The summed E-state index contributed by atoms with van der Waals surface area (Å²) in [7, 11) is 3.98. The van der Waals surface area contributed by atoms with Gasteiger partial charge in [0.25, 0.3) is 0 Å². The summed E-state index contributed by atoms with van der Waals surface area (Å²) in [6.07, 6.45) is 0. The summed E-state index contributed by atoms with van der Waals surface area (Å²) < 4.78 is 0.271. The molecule has 0 saturated carbocycles. The molecule has 1 saturated heterocycles. The Labute approximate surface area is 198 Å². The minimum Gasteiger partial charge on any atom is -0.369 e. The van der Waals surface area contributed by atoms with Crippen LogP contribution in [0.3, 0.4) is 0 Å². The number of aryl methyl sites for hydroxylation is 1. The molecular weight excluding hydrogens is 455 g/mol. The lowest BCUT2D eigenvalue weighted by Crippen LogP contribution is -2.55. The first kappa shape index (κ1) is 22.4. The zero-order chi connectivity index (χ0) is 22.3. The molecule has 2 aliphatic heterocycles. The van der Waals surface area contributed by atoms with Crippen molar-refractivity contribution in [3.8, 4) is 0 Å². The molecule has 164 valence electrons. The third kappa shape index (κ3) is 4.30. The average Bonchev–Trinajstić information content (AvgIpc) is 2.90. The molecule has 2 aromatic carbocycles. The number of hydrogen-bond donors (Lipinski definition) is 0. The normalized spacial score (nSPS) is 19.5. The van der Waals surface area contributed by atoms with Crippen LogP contribution in [0.1, 0.15) is 5.56 Å². The predicted molar refractivity (Wildman–Crippen MR) is 129 cm³/mol. The molecule has 0 unspecified atom stereocenters. The van der Waals surface area contributed by atoms with Gasteiger partial charge in [0.2, 0.25) is 0 Å². The van der Waals surface area contributed by atoms with Gasteiger partial charge < -0.3 is 4.90 Å². The van der Waals surface area contributed by atoms with Crippen molar-refractivity contribution in [1.29, 1.82) is 0 Å². The Bertz CT molecular complexity index is 1030. The summed E-state index contributed by atoms with van der Waals surface area (Å²) in [4.78, 5) is 17.7. The second kappa shape index (κ2) is 8.64. The predicted octanol–water partition coefficient (Wildman–Crippen LogP) is 4.91. The Kier molecular flexibility index (Phi) is 6.25. The lowest BCUT2D eigenvalue weighted by Gasteiger charge is -2.39. The molecule has 0 atom stereocenters. The van der Waals surface area contributed by atoms with E-state index in [9.17, 15) is 4.79 Å². The van der Waals surface area contributed by atoms with Gasteiger partial charge >= 0.3 is 5.91 Å². The highest BCUT2D eigenvalue weighted by molar-refractivity contribution is 6.44. The van der Waals surface area contributed by atoms with Gasteiger partial charge in [0, 0.05) is 41.9 Å². The van der Waals surface area contributed by atoms with Crippen LogP contribution in [0.25, 0.3) is 0 Å². The minimum absolute atomic E-state index is 0.183. The average molecular weight is 481 g/mol. The number of likely N-dealkylation sites (N-methyl/N-ethyl adjacent to an activating group) is 1. The Balaban J connectivity index is 1.47. The van der Waals surface area contributed by atoms with Crippen LogP contribution in [0.4, 0.5) is 11.4 Å². The van der Waals surface area contributed by atoms with Gasteiger partial charge in [-0.2, -0.15) is 4.59 Å². The maximum atomic E-state index is 13.0. The van der Waals surface area contributed by atoms with E-state index in [-0.39, 0.29) is 10.5 Å². The van der Waals surface area contributed by atoms with E-state index in [2.05, 4.69) is 22.8 Å². The van der Waals surface area contributed by atoms with Crippen LogP contribution in [-0.2, 0) is 4.79 Å². The van der Waals surface area contributed by atoms with Crippen molar-refractivity contribution in [1.82, 2.24) is 4.90 Å². The fourth-order valence-electron chi connectivity index (χ4n) is 4.32. The van der Waals surface area contributed by atoms with Crippen LogP contribution in [0, 0.1) is 6.92 Å². The number of hydrogen-bond acceptors (Lipinski definition) is 3. The van der Waals surface area contributed by atoms with E-state index < -0.39 is 0 Å². The molecule has 4 rings (SSSR count). The van der Waals surface area contributed by atoms with Gasteiger partial charge in [-0.25, -0.2) is 0 Å². The van der Waals surface area contributed by atoms with Crippen LogP contribution < -0.4 is 9.91 Å². The molecule has 1 fully saturated rings. The van der Waals surface area contributed by atoms with Crippen LogP contribution >= 0.6 is 34.8 Å². The number of rotatable bonds is 4. The van der Waals surface area contributed by atoms with Gasteiger partial charge in [-0.3, -0.25) is 9.69 Å². The largest absolute Gasteiger partial charge is 0.369 e. The number of carbonyl (C=O) groups excluding carboxylic acids is 1. The maximum Gasteiger partial charge on any atom is 0.321 e. The Morgan fingerprint density at radius 2 is 1.52 bits per heavy atom. The SMILES string of the molecule is Cc1ccc(Cl)cc1N1CCN(CC2=C(Cl)C(=O)N(c3ccc(Cl)cc3)[N+]2(C)C)CC1. The second-order valence-corrected chi connectivity index (χ2v) is 9.69. The molecule has 1 amide bonds. The molecule has 8 heteroatoms. The molecule has 0 aromatic heterocycles. The zero-order valence-electron chi connectivity index (χ0n) is 17.9. The quantitative estimate of drug-likeness (QED) is 0.582. The third-order valence-electron chi connectivity index (χ3n) is 6.12.